The highest BCUT2D eigenvalue weighted by atomic mass is 15.0. The Hall–Kier alpha value is -4.88. The van der Waals surface area contributed by atoms with Crippen molar-refractivity contribution in [1.29, 1.82) is 0 Å². The molecule has 0 aliphatic heterocycles. The average Bonchev–Trinajstić information content (AvgIpc) is 3.34. The Kier molecular flexibility index (Phi) is 4.23. The van der Waals surface area contributed by atoms with Crippen molar-refractivity contribution in [3.63, 3.8) is 0 Å². The Bertz CT molecular complexity index is 2280. The van der Waals surface area contributed by atoms with Gasteiger partial charge in [0.1, 0.15) is 0 Å². The smallest absolute Gasteiger partial charge is 0.0616 e. The fourth-order valence-electron chi connectivity index (χ4n) is 7.24. The Morgan fingerprint density at radius 2 is 0.923 bits per heavy atom. The van der Waals surface area contributed by atoms with Gasteiger partial charge < -0.3 is 4.57 Å². The van der Waals surface area contributed by atoms with Gasteiger partial charge in [-0.3, -0.25) is 0 Å². The molecule has 1 heteroatoms. The van der Waals surface area contributed by atoms with E-state index in [1.807, 2.05) is 0 Å². The zero-order valence-corrected chi connectivity index (χ0v) is 21.5. The molecule has 0 unspecified atom stereocenters. The number of benzene rings is 7. The van der Waals surface area contributed by atoms with Crippen LogP contribution in [-0.4, -0.2) is 4.57 Å². The number of aromatic nitrogens is 1. The summed E-state index contributed by atoms with van der Waals surface area (Å²) in [6.45, 7) is 0. The van der Waals surface area contributed by atoms with Crippen molar-refractivity contribution in [3.8, 4) is 16.8 Å². The maximum Gasteiger partial charge on any atom is 0.0616 e. The Morgan fingerprint density at radius 3 is 1.56 bits per heavy atom. The van der Waals surface area contributed by atoms with E-state index in [0.717, 1.165) is 12.8 Å². The van der Waals surface area contributed by atoms with Gasteiger partial charge in [-0.25, -0.2) is 0 Å². The maximum atomic E-state index is 2.56. The predicted molar refractivity (Wildman–Crippen MR) is 167 cm³/mol. The topological polar surface area (TPSA) is 4.93 Å². The largest absolute Gasteiger partial charge is 0.308 e. The number of hydrogen-bond acceptors (Lipinski definition) is 0. The van der Waals surface area contributed by atoms with Crippen molar-refractivity contribution in [2.45, 2.75) is 12.8 Å². The average molecular weight is 496 g/mol. The summed E-state index contributed by atoms with van der Waals surface area (Å²) < 4.78 is 2.56. The third-order valence-electron chi connectivity index (χ3n) is 8.74. The second kappa shape index (κ2) is 7.82. The van der Waals surface area contributed by atoms with Crippen LogP contribution >= 0.6 is 0 Å². The lowest BCUT2D eigenvalue weighted by molar-refractivity contribution is 1.10. The van der Waals surface area contributed by atoms with E-state index in [4.69, 9.17) is 0 Å². The van der Waals surface area contributed by atoms with E-state index in [0.29, 0.717) is 0 Å². The Labute approximate surface area is 225 Å². The molecule has 0 atom stereocenters. The van der Waals surface area contributed by atoms with Crippen LogP contribution in [0.25, 0.3) is 83.1 Å². The molecule has 0 amide bonds. The summed E-state index contributed by atoms with van der Waals surface area (Å²) in [5, 5.41) is 13.4. The molecule has 7 aromatic carbocycles. The highest BCUT2D eigenvalue weighted by Crippen LogP contribution is 2.44. The SMILES string of the molecule is C1=c2c(-c3ccccc3)c3ccccc3c(-n3c4cccc5c6ccccc6c6cccc3c6c54)c2=CCC1. The van der Waals surface area contributed by atoms with E-state index >= 15 is 0 Å². The lowest BCUT2D eigenvalue weighted by Crippen LogP contribution is -2.33. The molecule has 182 valence electrons. The third kappa shape index (κ3) is 2.74. The molecule has 0 saturated heterocycles. The molecular formula is C38H25N. The van der Waals surface area contributed by atoms with Crippen molar-refractivity contribution < 1.29 is 0 Å². The van der Waals surface area contributed by atoms with Gasteiger partial charge in [-0.05, 0) is 68.3 Å². The molecule has 1 heterocycles. The molecule has 1 nitrogen and oxygen atoms in total. The first-order valence-corrected chi connectivity index (χ1v) is 13.9. The summed E-state index contributed by atoms with van der Waals surface area (Å²) in [5.74, 6) is 0. The van der Waals surface area contributed by atoms with Crippen LogP contribution in [0, 0.1) is 0 Å². The van der Waals surface area contributed by atoms with Gasteiger partial charge in [-0.2, -0.15) is 0 Å². The highest BCUT2D eigenvalue weighted by molar-refractivity contribution is 6.34. The van der Waals surface area contributed by atoms with Crippen molar-refractivity contribution >= 4 is 66.3 Å². The fourth-order valence-corrected chi connectivity index (χ4v) is 7.24. The zero-order chi connectivity index (χ0) is 25.5. The van der Waals surface area contributed by atoms with Gasteiger partial charge in [0, 0.05) is 21.4 Å². The van der Waals surface area contributed by atoms with Crippen LogP contribution in [-0.2, 0) is 0 Å². The van der Waals surface area contributed by atoms with Crippen LogP contribution in [0.3, 0.4) is 0 Å². The van der Waals surface area contributed by atoms with Gasteiger partial charge in [-0.1, -0.05) is 115 Å². The van der Waals surface area contributed by atoms with Gasteiger partial charge in [0.05, 0.1) is 16.7 Å². The predicted octanol–water partition coefficient (Wildman–Crippen LogP) is 8.70. The molecule has 1 aromatic heterocycles. The quantitative estimate of drug-likeness (QED) is 0.211. The first-order valence-electron chi connectivity index (χ1n) is 13.9. The maximum absolute atomic E-state index is 2.56. The monoisotopic (exact) mass is 495 g/mol. The van der Waals surface area contributed by atoms with E-state index in [1.165, 1.54) is 81.4 Å². The normalized spacial score (nSPS) is 13.3. The second-order valence-electron chi connectivity index (χ2n) is 10.7. The highest BCUT2D eigenvalue weighted by Gasteiger charge is 2.22. The van der Waals surface area contributed by atoms with E-state index in [9.17, 15) is 0 Å². The molecule has 8 aromatic rings. The van der Waals surface area contributed by atoms with Crippen molar-refractivity contribution in [2.75, 3.05) is 0 Å². The molecule has 1 aliphatic rings. The summed E-state index contributed by atoms with van der Waals surface area (Å²) in [4.78, 5) is 0. The molecule has 0 spiro atoms. The van der Waals surface area contributed by atoms with Crippen molar-refractivity contribution in [3.05, 3.63) is 126 Å². The lowest BCUT2D eigenvalue weighted by Gasteiger charge is -2.19. The van der Waals surface area contributed by atoms with Gasteiger partial charge in [0.15, 0.2) is 0 Å². The fraction of sp³-hybridized carbons (Fsp3) is 0.0526. The summed E-state index contributed by atoms with van der Waals surface area (Å²) in [6.07, 6.45) is 7.07. The Morgan fingerprint density at radius 1 is 0.410 bits per heavy atom. The molecule has 9 rings (SSSR count). The van der Waals surface area contributed by atoms with Crippen LogP contribution < -0.4 is 10.4 Å². The molecule has 1 aliphatic carbocycles. The first-order chi connectivity index (χ1) is 19.4. The zero-order valence-electron chi connectivity index (χ0n) is 21.5. The second-order valence-corrected chi connectivity index (χ2v) is 10.7. The minimum Gasteiger partial charge on any atom is -0.308 e. The van der Waals surface area contributed by atoms with Crippen LogP contribution in [0.5, 0.6) is 0 Å². The molecule has 0 saturated carbocycles. The van der Waals surface area contributed by atoms with Crippen LogP contribution in [0.4, 0.5) is 0 Å². The van der Waals surface area contributed by atoms with Gasteiger partial charge >= 0.3 is 0 Å². The number of rotatable bonds is 2. The van der Waals surface area contributed by atoms with Gasteiger partial charge in [0.25, 0.3) is 0 Å². The number of nitrogens with zero attached hydrogens (tertiary/aromatic N) is 1. The van der Waals surface area contributed by atoms with Gasteiger partial charge in [0.2, 0.25) is 0 Å². The standard InChI is InChI=1S/C38H25N/c1-2-12-24(13-3-1)35-29-16-6-8-18-31(29)38(32-19-9-7-17-30(32)35)39-33-22-10-20-27-25-14-4-5-15-26(25)28-21-11-23-34(39)37(28)36(27)33/h1-6,8,10-23H,7,9H2. The Balaban J connectivity index is 1.56. The van der Waals surface area contributed by atoms with Crippen LogP contribution in [0.15, 0.2) is 115 Å². The summed E-state index contributed by atoms with van der Waals surface area (Å²) in [6, 6.07) is 42.5. The molecule has 0 bridgehead atoms. The van der Waals surface area contributed by atoms with E-state index in [1.54, 1.807) is 0 Å². The van der Waals surface area contributed by atoms with E-state index in [-0.39, 0.29) is 0 Å². The molecule has 0 N–H and O–H groups in total. The molecular weight excluding hydrogens is 470 g/mol. The van der Waals surface area contributed by atoms with Crippen LogP contribution in [0.1, 0.15) is 12.8 Å². The summed E-state index contributed by atoms with van der Waals surface area (Å²) in [7, 11) is 0. The number of fused-ring (bicyclic) bond motifs is 5. The molecule has 39 heavy (non-hydrogen) atoms. The molecule has 0 fully saturated rings. The molecule has 0 radical (unpaired) electrons. The minimum atomic E-state index is 1.06. The number of hydrogen-bond donors (Lipinski definition) is 0. The van der Waals surface area contributed by atoms with E-state index < -0.39 is 0 Å². The lowest BCUT2D eigenvalue weighted by atomic mass is 9.90. The minimum absolute atomic E-state index is 1.06. The summed E-state index contributed by atoms with van der Waals surface area (Å²) >= 11 is 0. The van der Waals surface area contributed by atoms with Crippen molar-refractivity contribution in [2.24, 2.45) is 0 Å². The van der Waals surface area contributed by atoms with E-state index in [2.05, 4.69) is 132 Å². The van der Waals surface area contributed by atoms with Crippen LogP contribution in [0.2, 0.25) is 0 Å². The van der Waals surface area contributed by atoms with Crippen molar-refractivity contribution in [1.82, 2.24) is 4.57 Å². The van der Waals surface area contributed by atoms with Gasteiger partial charge in [-0.15, -0.1) is 0 Å². The third-order valence-corrected chi connectivity index (χ3v) is 8.74. The first kappa shape index (κ1) is 21.1. The summed E-state index contributed by atoms with van der Waals surface area (Å²) in [5.41, 5.74) is 6.49.